The SMILES string of the molecule is Cc1ccc(NC(=O)Cc2nnc3c(-c4nc(C5CC5)no4)cccn23)cc1C. The summed E-state index contributed by atoms with van der Waals surface area (Å²) in [5.41, 5.74) is 4.38. The summed E-state index contributed by atoms with van der Waals surface area (Å²) in [6, 6.07) is 9.57. The van der Waals surface area contributed by atoms with Gasteiger partial charge >= 0.3 is 0 Å². The van der Waals surface area contributed by atoms with Gasteiger partial charge in [-0.2, -0.15) is 4.98 Å². The standard InChI is InChI=1S/C21H20N6O2/c1-12-5-8-15(10-13(12)2)22-18(28)11-17-24-25-20-16(4-3-9-27(17)20)21-23-19(26-29-21)14-6-7-14/h3-5,8-10,14H,6-7,11H2,1-2H3,(H,22,28). The number of nitrogens with one attached hydrogen (secondary N) is 1. The molecular formula is C21H20N6O2. The zero-order valence-electron chi connectivity index (χ0n) is 16.2. The van der Waals surface area contributed by atoms with Crippen molar-refractivity contribution in [2.24, 2.45) is 0 Å². The Hall–Kier alpha value is -3.55. The molecule has 5 rings (SSSR count). The minimum atomic E-state index is -0.151. The van der Waals surface area contributed by atoms with Crippen molar-refractivity contribution in [1.29, 1.82) is 0 Å². The van der Waals surface area contributed by atoms with E-state index in [2.05, 4.69) is 25.7 Å². The van der Waals surface area contributed by atoms with Crippen LogP contribution in [0.3, 0.4) is 0 Å². The summed E-state index contributed by atoms with van der Waals surface area (Å²) in [7, 11) is 0. The fourth-order valence-electron chi connectivity index (χ4n) is 3.27. The van der Waals surface area contributed by atoms with Crippen LogP contribution < -0.4 is 5.32 Å². The zero-order valence-corrected chi connectivity index (χ0v) is 16.2. The number of aromatic nitrogens is 5. The van der Waals surface area contributed by atoms with E-state index in [-0.39, 0.29) is 12.3 Å². The number of benzene rings is 1. The predicted molar refractivity (Wildman–Crippen MR) is 107 cm³/mol. The molecule has 0 bridgehead atoms. The molecular weight excluding hydrogens is 368 g/mol. The van der Waals surface area contributed by atoms with Crippen LogP contribution in [-0.4, -0.2) is 30.6 Å². The molecule has 8 heteroatoms. The summed E-state index contributed by atoms with van der Waals surface area (Å²) >= 11 is 0. The molecule has 0 aliphatic heterocycles. The van der Waals surface area contributed by atoms with Gasteiger partial charge in [-0.3, -0.25) is 9.20 Å². The van der Waals surface area contributed by atoms with Gasteiger partial charge in [0.1, 0.15) is 5.82 Å². The molecule has 1 N–H and O–H groups in total. The highest BCUT2D eigenvalue weighted by Crippen LogP contribution is 2.39. The van der Waals surface area contributed by atoms with Crippen molar-refractivity contribution in [2.75, 3.05) is 5.32 Å². The Morgan fingerprint density at radius 3 is 2.86 bits per heavy atom. The van der Waals surface area contributed by atoms with Gasteiger partial charge in [0.05, 0.1) is 12.0 Å². The van der Waals surface area contributed by atoms with Crippen molar-refractivity contribution >= 4 is 17.2 Å². The van der Waals surface area contributed by atoms with Crippen molar-refractivity contribution in [3.8, 4) is 11.5 Å². The lowest BCUT2D eigenvalue weighted by Gasteiger charge is -2.07. The fourth-order valence-corrected chi connectivity index (χ4v) is 3.27. The summed E-state index contributed by atoms with van der Waals surface area (Å²) in [6.07, 6.45) is 4.14. The molecule has 146 valence electrons. The maximum atomic E-state index is 12.5. The van der Waals surface area contributed by atoms with Crippen LogP contribution in [0.5, 0.6) is 0 Å². The highest BCUT2D eigenvalue weighted by molar-refractivity contribution is 5.92. The molecule has 1 saturated carbocycles. The molecule has 0 atom stereocenters. The van der Waals surface area contributed by atoms with Gasteiger partial charge in [-0.1, -0.05) is 11.2 Å². The van der Waals surface area contributed by atoms with E-state index in [1.54, 1.807) is 4.40 Å². The number of anilines is 1. The Bertz CT molecular complexity index is 1220. The van der Waals surface area contributed by atoms with Crippen LogP contribution in [0.1, 0.15) is 41.5 Å². The van der Waals surface area contributed by atoms with Crippen molar-refractivity contribution in [2.45, 2.75) is 39.0 Å². The van der Waals surface area contributed by atoms with E-state index >= 15 is 0 Å². The normalized spacial score (nSPS) is 13.7. The molecule has 1 aliphatic carbocycles. The van der Waals surface area contributed by atoms with E-state index in [0.717, 1.165) is 29.9 Å². The summed E-state index contributed by atoms with van der Waals surface area (Å²) in [5.74, 6) is 1.98. The molecule has 1 fully saturated rings. The van der Waals surface area contributed by atoms with Crippen molar-refractivity contribution in [3.05, 3.63) is 59.3 Å². The third-order valence-corrected chi connectivity index (χ3v) is 5.23. The minimum Gasteiger partial charge on any atom is -0.334 e. The Morgan fingerprint density at radius 2 is 2.07 bits per heavy atom. The number of nitrogens with zero attached hydrogens (tertiary/aromatic N) is 5. The lowest BCUT2D eigenvalue weighted by atomic mass is 10.1. The van der Waals surface area contributed by atoms with Gasteiger partial charge in [0, 0.05) is 17.8 Å². The largest absolute Gasteiger partial charge is 0.334 e. The Morgan fingerprint density at radius 1 is 1.21 bits per heavy atom. The van der Waals surface area contributed by atoms with Gasteiger partial charge in [-0.25, -0.2) is 0 Å². The molecule has 1 aliphatic rings. The van der Waals surface area contributed by atoms with Gasteiger partial charge in [0.25, 0.3) is 5.89 Å². The van der Waals surface area contributed by atoms with E-state index in [9.17, 15) is 4.79 Å². The average molecular weight is 388 g/mol. The van der Waals surface area contributed by atoms with Crippen LogP contribution in [0.4, 0.5) is 5.69 Å². The second-order valence-corrected chi connectivity index (χ2v) is 7.49. The smallest absolute Gasteiger partial charge is 0.261 e. The van der Waals surface area contributed by atoms with E-state index in [0.29, 0.717) is 28.8 Å². The number of hydrogen-bond acceptors (Lipinski definition) is 6. The topological polar surface area (TPSA) is 98.2 Å². The van der Waals surface area contributed by atoms with Crippen LogP contribution in [0.15, 0.2) is 41.1 Å². The summed E-state index contributed by atoms with van der Waals surface area (Å²) in [5, 5.41) is 15.5. The number of rotatable bonds is 5. The Balaban J connectivity index is 1.39. The van der Waals surface area contributed by atoms with Crippen molar-refractivity contribution in [3.63, 3.8) is 0 Å². The van der Waals surface area contributed by atoms with Crippen LogP contribution in [0.2, 0.25) is 0 Å². The van der Waals surface area contributed by atoms with Crippen molar-refractivity contribution in [1.82, 2.24) is 24.7 Å². The summed E-state index contributed by atoms with van der Waals surface area (Å²) in [4.78, 5) is 17.0. The molecule has 1 amide bonds. The second-order valence-electron chi connectivity index (χ2n) is 7.49. The zero-order chi connectivity index (χ0) is 20.0. The number of amides is 1. The molecule has 1 aromatic carbocycles. The fraction of sp³-hybridized carbons (Fsp3) is 0.286. The number of fused-ring (bicyclic) bond motifs is 1. The molecule has 8 nitrogen and oxygen atoms in total. The van der Waals surface area contributed by atoms with E-state index in [1.165, 1.54) is 5.56 Å². The van der Waals surface area contributed by atoms with E-state index in [4.69, 9.17) is 4.52 Å². The molecule has 0 saturated heterocycles. The molecule has 29 heavy (non-hydrogen) atoms. The highest BCUT2D eigenvalue weighted by atomic mass is 16.5. The second kappa shape index (κ2) is 6.80. The number of hydrogen-bond donors (Lipinski definition) is 1. The molecule has 3 aromatic heterocycles. The highest BCUT2D eigenvalue weighted by Gasteiger charge is 2.29. The Labute approximate surface area is 167 Å². The van der Waals surface area contributed by atoms with E-state index in [1.807, 2.05) is 50.4 Å². The van der Waals surface area contributed by atoms with Gasteiger partial charge in [-0.15, -0.1) is 10.2 Å². The number of carbonyl (C=O) groups excluding carboxylic acids is 1. The van der Waals surface area contributed by atoms with Gasteiger partial charge in [0.15, 0.2) is 11.5 Å². The third kappa shape index (κ3) is 3.37. The minimum absolute atomic E-state index is 0.106. The quantitative estimate of drug-likeness (QED) is 0.562. The third-order valence-electron chi connectivity index (χ3n) is 5.23. The summed E-state index contributed by atoms with van der Waals surface area (Å²) < 4.78 is 7.22. The first-order chi connectivity index (χ1) is 14.1. The lowest BCUT2D eigenvalue weighted by molar-refractivity contribution is -0.115. The van der Waals surface area contributed by atoms with Gasteiger partial charge in [-0.05, 0) is 62.1 Å². The maximum absolute atomic E-state index is 12.5. The first-order valence-electron chi connectivity index (χ1n) is 9.62. The monoisotopic (exact) mass is 388 g/mol. The maximum Gasteiger partial charge on any atom is 0.261 e. The number of pyridine rings is 1. The van der Waals surface area contributed by atoms with Crippen LogP contribution >= 0.6 is 0 Å². The average Bonchev–Trinajstić information content (AvgIpc) is 3.30. The Kier molecular flexibility index (Phi) is 4.12. The molecule has 4 aromatic rings. The lowest BCUT2D eigenvalue weighted by Crippen LogP contribution is -2.16. The number of aryl methyl sites for hydroxylation is 2. The first-order valence-corrected chi connectivity index (χ1v) is 9.62. The molecule has 0 spiro atoms. The van der Waals surface area contributed by atoms with E-state index < -0.39 is 0 Å². The van der Waals surface area contributed by atoms with Crippen LogP contribution in [0.25, 0.3) is 17.1 Å². The van der Waals surface area contributed by atoms with Crippen LogP contribution in [0, 0.1) is 13.8 Å². The van der Waals surface area contributed by atoms with Gasteiger partial charge < -0.3 is 9.84 Å². The molecule has 3 heterocycles. The number of carbonyl (C=O) groups is 1. The summed E-state index contributed by atoms with van der Waals surface area (Å²) in [6.45, 7) is 4.06. The van der Waals surface area contributed by atoms with Crippen molar-refractivity contribution < 1.29 is 9.32 Å². The van der Waals surface area contributed by atoms with Crippen LogP contribution in [-0.2, 0) is 11.2 Å². The van der Waals surface area contributed by atoms with Gasteiger partial charge in [0.2, 0.25) is 5.91 Å². The molecule has 0 radical (unpaired) electrons. The first kappa shape index (κ1) is 17.5. The predicted octanol–water partition coefficient (Wildman–Crippen LogP) is 3.45. The molecule has 0 unspecified atom stereocenters.